The summed E-state index contributed by atoms with van der Waals surface area (Å²) in [5, 5.41) is 2.08. The molecular formula is C27H40N6O2. The van der Waals surface area contributed by atoms with E-state index < -0.39 is 0 Å². The molecule has 0 spiro atoms. The van der Waals surface area contributed by atoms with Gasteiger partial charge in [0.05, 0.1) is 5.69 Å². The van der Waals surface area contributed by atoms with Crippen molar-refractivity contribution in [3.8, 4) is 11.3 Å². The molecule has 8 nitrogen and oxygen atoms in total. The van der Waals surface area contributed by atoms with E-state index in [1.54, 1.807) is 0 Å². The average Bonchev–Trinajstić information content (AvgIpc) is 3.28. The molecule has 1 aromatic carbocycles. The van der Waals surface area contributed by atoms with Gasteiger partial charge in [-0.1, -0.05) is 18.2 Å². The van der Waals surface area contributed by atoms with Gasteiger partial charge in [0.2, 0.25) is 0 Å². The van der Waals surface area contributed by atoms with Gasteiger partial charge < -0.3 is 20.3 Å². The van der Waals surface area contributed by atoms with Crippen molar-refractivity contribution >= 4 is 11.7 Å². The van der Waals surface area contributed by atoms with Gasteiger partial charge in [0.1, 0.15) is 5.82 Å². The summed E-state index contributed by atoms with van der Waals surface area (Å²) >= 11 is 0. The van der Waals surface area contributed by atoms with Crippen LogP contribution in [0.15, 0.2) is 30.3 Å². The van der Waals surface area contributed by atoms with E-state index in [1.165, 1.54) is 5.56 Å². The number of nitrogens with two attached hydrogens (primary N) is 1. The molecule has 3 N–H and O–H groups in total. The quantitative estimate of drug-likeness (QED) is 0.571. The van der Waals surface area contributed by atoms with Gasteiger partial charge in [-0.25, -0.2) is 10.4 Å². The van der Waals surface area contributed by atoms with Gasteiger partial charge in [-0.3, -0.25) is 9.80 Å². The van der Waals surface area contributed by atoms with Crippen LogP contribution in [0.1, 0.15) is 48.2 Å². The van der Waals surface area contributed by atoms with E-state index in [9.17, 15) is 4.79 Å². The van der Waals surface area contributed by atoms with Crippen molar-refractivity contribution in [1.29, 1.82) is 0 Å². The van der Waals surface area contributed by atoms with Crippen molar-refractivity contribution in [2.24, 2.45) is 11.7 Å². The molecule has 0 saturated carbocycles. The fraction of sp³-hybridized carbons (Fsp3) is 0.556. The van der Waals surface area contributed by atoms with Gasteiger partial charge in [-0.05, 0) is 57.4 Å². The second-order valence-corrected chi connectivity index (χ2v) is 10.1. The molecular weight excluding hydrogens is 440 g/mol. The van der Waals surface area contributed by atoms with Crippen molar-refractivity contribution < 1.29 is 9.53 Å². The number of aromatic nitrogens is 1. The molecule has 1 amide bonds. The second-order valence-electron chi connectivity index (χ2n) is 10.1. The molecule has 0 bridgehead atoms. The summed E-state index contributed by atoms with van der Waals surface area (Å²) < 4.78 is 5.50. The maximum absolute atomic E-state index is 13.7. The Morgan fingerprint density at radius 1 is 1.26 bits per heavy atom. The maximum Gasteiger partial charge on any atom is 0.254 e. The van der Waals surface area contributed by atoms with Crippen molar-refractivity contribution in [2.75, 3.05) is 52.0 Å². The molecule has 0 radical (unpaired) electrons. The van der Waals surface area contributed by atoms with Crippen LogP contribution in [0, 0.1) is 5.92 Å². The van der Waals surface area contributed by atoms with E-state index in [1.807, 2.05) is 18.0 Å². The van der Waals surface area contributed by atoms with Gasteiger partial charge in [0.15, 0.2) is 0 Å². The molecule has 2 aliphatic heterocycles. The van der Waals surface area contributed by atoms with Crippen molar-refractivity contribution in [2.45, 2.75) is 45.8 Å². The highest BCUT2D eigenvalue weighted by molar-refractivity contribution is 5.98. The third kappa shape index (κ3) is 6.01. The van der Waals surface area contributed by atoms with E-state index in [-0.39, 0.29) is 11.9 Å². The fourth-order valence-corrected chi connectivity index (χ4v) is 4.98. The summed E-state index contributed by atoms with van der Waals surface area (Å²) in [5.41, 5.74) is 13.9. The van der Waals surface area contributed by atoms with Crippen LogP contribution in [0.4, 0.5) is 5.82 Å². The number of hydrogen-bond acceptors (Lipinski definition) is 7. The van der Waals surface area contributed by atoms with Crippen LogP contribution >= 0.6 is 0 Å². The summed E-state index contributed by atoms with van der Waals surface area (Å²) in [7, 11) is 3.99. The third-order valence-corrected chi connectivity index (χ3v) is 6.91. The van der Waals surface area contributed by atoms with Gasteiger partial charge in [-0.2, -0.15) is 0 Å². The Balaban J connectivity index is 1.67. The lowest BCUT2D eigenvalue weighted by atomic mass is 9.98. The highest BCUT2D eigenvalue weighted by atomic mass is 16.5. The van der Waals surface area contributed by atoms with Crippen molar-refractivity contribution in [3.63, 3.8) is 0 Å². The van der Waals surface area contributed by atoms with Crippen molar-refractivity contribution in [1.82, 2.24) is 20.2 Å². The second kappa shape index (κ2) is 11.5. The Morgan fingerprint density at radius 3 is 2.74 bits per heavy atom. The Labute approximate surface area is 209 Å². The first-order chi connectivity index (χ1) is 16.9. The number of hydrogen-bond donors (Lipinski definition) is 2. The number of pyridine rings is 1. The monoisotopic (exact) mass is 480 g/mol. The SMILES string of the molecule is CC(C)N1NCc2c(C(=O)N(C)CC3CCOCC3)cc(-c3cccc(CN(C)CCN)c3)nc21. The summed E-state index contributed by atoms with van der Waals surface area (Å²) in [6, 6.07) is 10.6. The van der Waals surface area contributed by atoms with Crippen LogP contribution in [0.2, 0.25) is 0 Å². The summed E-state index contributed by atoms with van der Waals surface area (Å²) in [6.07, 6.45) is 2.01. The molecule has 0 atom stereocenters. The Bertz CT molecular complexity index is 1020. The predicted molar refractivity (Wildman–Crippen MR) is 140 cm³/mol. The number of ether oxygens (including phenoxy) is 1. The smallest absolute Gasteiger partial charge is 0.254 e. The molecule has 8 heteroatoms. The molecule has 0 aliphatic carbocycles. The van der Waals surface area contributed by atoms with E-state index >= 15 is 0 Å². The first-order valence-electron chi connectivity index (χ1n) is 12.7. The summed E-state index contributed by atoms with van der Waals surface area (Å²) in [4.78, 5) is 22.9. The highest BCUT2D eigenvalue weighted by Gasteiger charge is 2.30. The molecule has 4 rings (SSSR count). The van der Waals surface area contributed by atoms with Gasteiger partial charge in [0.25, 0.3) is 5.91 Å². The number of benzene rings is 1. The molecule has 1 aromatic heterocycles. The number of carbonyl (C=O) groups is 1. The molecule has 35 heavy (non-hydrogen) atoms. The molecule has 0 unspecified atom stereocenters. The first kappa shape index (κ1) is 25.6. The average molecular weight is 481 g/mol. The molecule has 3 heterocycles. The largest absolute Gasteiger partial charge is 0.381 e. The molecule has 2 aromatic rings. The number of rotatable bonds is 9. The Hall–Kier alpha value is -2.52. The number of hydrazine groups is 1. The van der Waals surface area contributed by atoms with Crippen LogP contribution < -0.4 is 16.2 Å². The minimum Gasteiger partial charge on any atom is -0.381 e. The molecule has 1 fully saturated rings. The lowest BCUT2D eigenvalue weighted by Gasteiger charge is -2.28. The number of likely N-dealkylation sites (N-methyl/N-ethyl adjacent to an activating group) is 1. The normalized spacial score (nSPS) is 16.3. The van der Waals surface area contributed by atoms with Crippen LogP contribution in [-0.4, -0.2) is 73.7 Å². The number of anilines is 1. The molecule has 2 aliphatic rings. The maximum atomic E-state index is 13.7. The first-order valence-corrected chi connectivity index (χ1v) is 12.7. The number of nitrogens with one attached hydrogen (secondary N) is 1. The number of amides is 1. The van der Waals surface area contributed by atoms with Gasteiger partial charge in [-0.15, -0.1) is 0 Å². The summed E-state index contributed by atoms with van der Waals surface area (Å²) in [6.45, 7) is 9.47. The minimum absolute atomic E-state index is 0.0580. The number of carbonyl (C=O) groups excluding carboxylic acids is 1. The zero-order valence-corrected chi connectivity index (χ0v) is 21.6. The van der Waals surface area contributed by atoms with Crippen LogP contribution in [0.5, 0.6) is 0 Å². The van der Waals surface area contributed by atoms with E-state index in [2.05, 4.69) is 60.5 Å². The van der Waals surface area contributed by atoms with Crippen LogP contribution in [0.3, 0.4) is 0 Å². The van der Waals surface area contributed by atoms with Crippen LogP contribution in [-0.2, 0) is 17.8 Å². The number of nitrogens with zero attached hydrogens (tertiary/aromatic N) is 4. The fourth-order valence-electron chi connectivity index (χ4n) is 4.98. The third-order valence-electron chi connectivity index (χ3n) is 6.91. The van der Waals surface area contributed by atoms with E-state index in [0.29, 0.717) is 19.0 Å². The van der Waals surface area contributed by atoms with Crippen LogP contribution in [0.25, 0.3) is 11.3 Å². The van der Waals surface area contributed by atoms with E-state index in [0.717, 1.165) is 73.9 Å². The number of fused-ring (bicyclic) bond motifs is 1. The lowest BCUT2D eigenvalue weighted by molar-refractivity contribution is 0.0497. The Morgan fingerprint density at radius 2 is 2.03 bits per heavy atom. The predicted octanol–water partition coefficient (Wildman–Crippen LogP) is 2.87. The van der Waals surface area contributed by atoms with E-state index in [4.69, 9.17) is 15.5 Å². The standard InChI is InChI=1S/C27H40N6O2/c1-19(2)33-26-24(16-29-33)23(27(34)32(4)18-20-8-12-35-13-9-20)15-25(30-26)22-7-5-6-21(14-22)17-31(3)11-10-28/h5-7,14-15,19-20,29H,8-13,16-18,28H2,1-4H3. The topological polar surface area (TPSA) is 87.0 Å². The minimum atomic E-state index is 0.0580. The van der Waals surface area contributed by atoms with Gasteiger partial charge >= 0.3 is 0 Å². The molecule has 1 saturated heterocycles. The zero-order chi connectivity index (χ0) is 24.9. The van der Waals surface area contributed by atoms with Gasteiger partial charge in [0, 0.05) is 75.7 Å². The highest BCUT2D eigenvalue weighted by Crippen LogP contribution is 2.33. The lowest BCUT2D eigenvalue weighted by Crippen LogP contribution is -2.38. The van der Waals surface area contributed by atoms with Crippen molar-refractivity contribution in [3.05, 3.63) is 47.0 Å². The Kier molecular flexibility index (Phi) is 8.38. The summed E-state index contributed by atoms with van der Waals surface area (Å²) in [5.74, 6) is 1.40. The zero-order valence-electron chi connectivity index (χ0n) is 21.6. The molecule has 190 valence electrons.